The van der Waals surface area contributed by atoms with Gasteiger partial charge in [-0.1, -0.05) is 29.4 Å². The first-order valence-electron chi connectivity index (χ1n) is 3.04. The van der Waals surface area contributed by atoms with E-state index in [9.17, 15) is 0 Å². The first-order chi connectivity index (χ1) is 5.33. The molecule has 58 valence electrons. The highest BCUT2D eigenvalue weighted by Crippen LogP contribution is 2.13. The number of thioether (sulfide) groups is 1. The molecule has 11 heavy (non-hydrogen) atoms. The molecule has 1 aromatic heterocycles. The van der Waals surface area contributed by atoms with Gasteiger partial charge in [0.15, 0.2) is 5.16 Å². The minimum absolute atomic E-state index is 0.563. The normalized spacial score (nSPS) is 9.55. The number of hydrogen-bond donors (Lipinski definition) is 0. The molecule has 4 heteroatoms. The molecule has 2 nitrogen and oxygen atoms in total. The van der Waals surface area contributed by atoms with Gasteiger partial charge in [0.2, 0.25) is 0 Å². The lowest BCUT2D eigenvalue weighted by Gasteiger charge is -1.94. The second-order valence-corrected chi connectivity index (χ2v) is 3.21. The maximum absolute atomic E-state index is 5.59. The molecular weight excluding hydrogens is 180 g/mol. The molecule has 0 unspecified atom stereocenters. The van der Waals surface area contributed by atoms with Crippen molar-refractivity contribution in [1.29, 1.82) is 0 Å². The van der Waals surface area contributed by atoms with E-state index in [0.717, 1.165) is 10.9 Å². The van der Waals surface area contributed by atoms with Crippen molar-refractivity contribution in [2.24, 2.45) is 0 Å². The molecule has 0 aliphatic rings. The summed E-state index contributed by atoms with van der Waals surface area (Å²) in [7, 11) is 0. The highest BCUT2D eigenvalue weighted by atomic mass is 35.5. The van der Waals surface area contributed by atoms with Gasteiger partial charge in [-0.3, -0.25) is 0 Å². The Labute approximate surface area is 74.7 Å². The maximum atomic E-state index is 5.59. The van der Waals surface area contributed by atoms with Crippen LogP contribution in [0.1, 0.15) is 0 Å². The Hall–Kier alpha value is -0.540. The molecule has 1 heterocycles. The molecular formula is C7H7ClN2S. The Morgan fingerprint density at radius 1 is 1.55 bits per heavy atom. The Kier molecular flexibility index (Phi) is 3.39. The Bertz CT molecular complexity index is 235. The molecule has 0 bridgehead atoms. The smallest absolute Gasteiger partial charge is 0.187 e. The molecule has 0 radical (unpaired) electrons. The number of nitrogens with zero attached hydrogens (tertiary/aromatic N) is 2. The van der Waals surface area contributed by atoms with Gasteiger partial charge < -0.3 is 0 Å². The van der Waals surface area contributed by atoms with E-state index in [2.05, 4.69) is 16.5 Å². The van der Waals surface area contributed by atoms with Crippen LogP contribution < -0.4 is 0 Å². The third-order valence-corrected chi connectivity index (χ3v) is 1.99. The van der Waals surface area contributed by atoms with Gasteiger partial charge in [-0.15, -0.1) is 6.58 Å². The van der Waals surface area contributed by atoms with Crippen molar-refractivity contribution in [3.05, 3.63) is 30.1 Å². The van der Waals surface area contributed by atoms with Crippen LogP contribution in [0.4, 0.5) is 0 Å². The summed E-state index contributed by atoms with van der Waals surface area (Å²) in [6.07, 6.45) is 4.97. The van der Waals surface area contributed by atoms with E-state index in [4.69, 9.17) is 11.6 Å². The van der Waals surface area contributed by atoms with Crippen molar-refractivity contribution in [2.45, 2.75) is 5.16 Å². The van der Waals surface area contributed by atoms with Crippen LogP contribution in [0.5, 0.6) is 0 Å². The lowest BCUT2D eigenvalue weighted by molar-refractivity contribution is 0.969. The van der Waals surface area contributed by atoms with Crippen molar-refractivity contribution in [2.75, 3.05) is 5.75 Å². The van der Waals surface area contributed by atoms with Crippen LogP contribution in [0.25, 0.3) is 0 Å². The van der Waals surface area contributed by atoms with Gasteiger partial charge in [0.05, 0.1) is 17.4 Å². The lowest BCUT2D eigenvalue weighted by Crippen LogP contribution is -1.84. The average Bonchev–Trinajstić information content (AvgIpc) is 2.04. The van der Waals surface area contributed by atoms with E-state index < -0.39 is 0 Å². The van der Waals surface area contributed by atoms with Gasteiger partial charge >= 0.3 is 0 Å². The van der Waals surface area contributed by atoms with E-state index >= 15 is 0 Å². The summed E-state index contributed by atoms with van der Waals surface area (Å²) in [5.41, 5.74) is 0. The second-order valence-electron chi connectivity index (χ2n) is 1.78. The SMILES string of the molecule is C=CCSc1ncc(Cl)cn1. The van der Waals surface area contributed by atoms with Gasteiger partial charge in [0.25, 0.3) is 0 Å². The number of halogens is 1. The van der Waals surface area contributed by atoms with E-state index in [0.29, 0.717) is 5.02 Å². The van der Waals surface area contributed by atoms with Crippen LogP contribution in [0.3, 0.4) is 0 Å². The van der Waals surface area contributed by atoms with Crippen LogP contribution in [0.2, 0.25) is 5.02 Å². The highest BCUT2D eigenvalue weighted by Gasteiger charge is 1.93. The molecule has 0 atom stereocenters. The third-order valence-electron chi connectivity index (χ3n) is 0.927. The standard InChI is InChI=1S/C7H7ClN2S/c1-2-3-11-7-9-4-6(8)5-10-7/h2,4-5H,1,3H2. The largest absolute Gasteiger partial charge is 0.230 e. The Balaban J connectivity index is 2.58. The van der Waals surface area contributed by atoms with Gasteiger partial charge in [0.1, 0.15) is 0 Å². The number of rotatable bonds is 3. The third kappa shape index (κ3) is 2.91. The summed E-state index contributed by atoms with van der Waals surface area (Å²) in [6, 6.07) is 0. The zero-order chi connectivity index (χ0) is 8.10. The molecule has 0 saturated heterocycles. The molecule has 0 amide bonds. The summed E-state index contributed by atoms with van der Waals surface area (Å²) in [5, 5.41) is 1.29. The predicted octanol–water partition coefficient (Wildman–Crippen LogP) is 2.41. The predicted molar refractivity (Wildman–Crippen MR) is 48.0 cm³/mol. The van der Waals surface area contributed by atoms with E-state index in [-0.39, 0.29) is 0 Å². The summed E-state index contributed by atoms with van der Waals surface area (Å²) < 4.78 is 0. The van der Waals surface area contributed by atoms with Gasteiger partial charge in [0, 0.05) is 5.75 Å². The molecule has 1 aromatic rings. The molecule has 0 aliphatic carbocycles. The fraction of sp³-hybridized carbons (Fsp3) is 0.143. The highest BCUT2D eigenvalue weighted by molar-refractivity contribution is 7.99. The summed E-state index contributed by atoms with van der Waals surface area (Å²) in [6.45, 7) is 3.59. The van der Waals surface area contributed by atoms with Crippen LogP contribution >= 0.6 is 23.4 Å². The molecule has 0 aliphatic heterocycles. The fourth-order valence-corrected chi connectivity index (χ4v) is 1.13. The average molecular weight is 187 g/mol. The quantitative estimate of drug-likeness (QED) is 0.412. The van der Waals surface area contributed by atoms with Gasteiger partial charge in [-0.25, -0.2) is 9.97 Å². The number of aromatic nitrogens is 2. The summed E-state index contributed by atoms with van der Waals surface area (Å²) in [4.78, 5) is 7.98. The number of hydrogen-bond acceptors (Lipinski definition) is 3. The zero-order valence-electron chi connectivity index (χ0n) is 5.83. The maximum Gasteiger partial charge on any atom is 0.187 e. The minimum Gasteiger partial charge on any atom is -0.230 e. The fourth-order valence-electron chi connectivity index (χ4n) is 0.508. The molecule has 0 spiro atoms. The molecule has 0 N–H and O–H groups in total. The van der Waals surface area contributed by atoms with Crippen LogP contribution in [0, 0.1) is 0 Å². The van der Waals surface area contributed by atoms with Crippen LogP contribution in [-0.2, 0) is 0 Å². The Morgan fingerprint density at radius 2 is 2.18 bits per heavy atom. The van der Waals surface area contributed by atoms with Crippen LogP contribution in [-0.4, -0.2) is 15.7 Å². The molecule has 0 fully saturated rings. The second kappa shape index (κ2) is 4.36. The monoisotopic (exact) mass is 186 g/mol. The van der Waals surface area contributed by atoms with Crippen molar-refractivity contribution in [3.8, 4) is 0 Å². The first kappa shape index (κ1) is 8.56. The summed E-state index contributed by atoms with van der Waals surface area (Å²) in [5.74, 6) is 0.821. The van der Waals surface area contributed by atoms with Crippen LogP contribution in [0.15, 0.2) is 30.2 Å². The van der Waals surface area contributed by atoms with Crippen molar-refractivity contribution in [3.63, 3.8) is 0 Å². The van der Waals surface area contributed by atoms with E-state index in [1.165, 1.54) is 11.8 Å². The van der Waals surface area contributed by atoms with Crippen molar-refractivity contribution in [1.82, 2.24) is 9.97 Å². The Morgan fingerprint density at radius 3 is 2.73 bits per heavy atom. The zero-order valence-corrected chi connectivity index (χ0v) is 7.40. The van der Waals surface area contributed by atoms with E-state index in [1.54, 1.807) is 12.4 Å². The van der Waals surface area contributed by atoms with Crippen molar-refractivity contribution >= 4 is 23.4 Å². The van der Waals surface area contributed by atoms with E-state index in [1.807, 2.05) is 6.08 Å². The lowest BCUT2D eigenvalue weighted by atomic mass is 10.7. The van der Waals surface area contributed by atoms with Crippen molar-refractivity contribution < 1.29 is 0 Å². The molecule has 0 aromatic carbocycles. The molecule has 1 rings (SSSR count). The first-order valence-corrected chi connectivity index (χ1v) is 4.40. The van der Waals surface area contributed by atoms with Gasteiger partial charge in [-0.05, 0) is 0 Å². The topological polar surface area (TPSA) is 25.8 Å². The minimum atomic E-state index is 0.563. The molecule has 0 saturated carbocycles. The van der Waals surface area contributed by atoms with Gasteiger partial charge in [-0.2, -0.15) is 0 Å². The summed E-state index contributed by atoms with van der Waals surface area (Å²) >= 11 is 7.12.